The summed E-state index contributed by atoms with van der Waals surface area (Å²) in [5, 5.41) is 0.437. The largest absolute Gasteiger partial charge is 0.494 e. The van der Waals surface area contributed by atoms with E-state index in [0.29, 0.717) is 28.2 Å². The highest BCUT2D eigenvalue weighted by Crippen LogP contribution is 2.24. The molecule has 0 saturated heterocycles. The molecule has 2 aromatic carbocycles. The smallest absolute Gasteiger partial charge is 0.171 e. The Labute approximate surface area is 120 Å². The molecule has 5 heteroatoms. The lowest BCUT2D eigenvalue weighted by Gasteiger charge is -2.11. The second-order valence-electron chi connectivity index (χ2n) is 4.02. The number of methoxy groups -OCH3 is 1. The molecule has 0 aliphatic rings. The lowest BCUT2D eigenvalue weighted by molar-refractivity contribution is 0.111. The Morgan fingerprint density at radius 3 is 2.75 bits per heavy atom. The van der Waals surface area contributed by atoms with Crippen LogP contribution >= 0.6 is 11.6 Å². The van der Waals surface area contributed by atoms with Crippen molar-refractivity contribution < 1.29 is 18.7 Å². The third-order valence-corrected chi connectivity index (χ3v) is 2.98. The minimum absolute atomic E-state index is 0.00843. The maximum Gasteiger partial charge on any atom is 0.171 e. The van der Waals surface area contributed by atoms with E-state index in [2.05, 4.69) is 0 Å². The van der Waals surface area contributed by atoms with Gasteiger partial charge in [0.15, 0.2) is 17.9 Å². The highest BCUT2D eigenvalue weighted by Gasteiger charge is 2.10. The van der Waals surface area contributed by atoms with Crippen molar-refractivity contribution >= 4 is 17.9 Å². The summed E-state index contributed by atoms with van der Waals surface area (Å²) in [7, 11) is 1.40. The topological polar surface area (TPSA) is 35.5 Å². The van der Waals surface area contributed by atoms with Crippen LogP contribution in [-0.2, 0) is 6.61 Å². The zero-order chi connectivity index (χ0) is 14.5. The van der Waals surface area contributed by atoms with E-state index in [1.165, 1.54) is 19.2 Å². The monoisotopic (exact) mass is 294 g/mol. The number of halogens is 2. The molecular weight excluding hydrogens is 283 g/mol. The summed E-state index contributed by atoms with van der Waals surface area (Å²) in [5.41, 5.74) is 0.664. The van der Waals surface area contributed by atoms with Gasteiger partial charge >= 0.3 is 0 Å². The van der Waals surface area contributed by atoms with E-state index in [-0.39, 0.29) is 12.4 Å². The lowest BCUT2D eigenvalue weighted by atomic mass is 10.2. The maximum atomic E-state index is 13.9. The fourth-order valence-electron chi connectivity index (χ4n) is 1.72. The van der Waals surface area contributed by atoms with Crippen molar-refractivity contribution in [1.29, 1.82) is 0 Å². The van der Waals surface area contributed by atoms with Gasteiger partial charge in [0.2, 0.25) is 0 Å². The van der Waals surface area contributed by atoms with Crippen molar-refractivity contribution in [3.05, 3.63) is 58.4 Å². The molecule has 104 valence electrons. The predicted octanol–water partition coefficient (Wildman–Crippen LogP) is 3.88. The molecule has 2 rings (SSSR count). The van der Waals surface area contributed by atoms with Gasteiger partial charge in [-0.1, -0.05) is 23.7 Å². The molecular formula is C15H12ClFO3. The molecule has 2 aromatic rings. The molecule has 0 bridgehead atoms. The van der Waals surface area contributed by atoms with Gasteiger partial charge in [0.25, 0.3) is 0 Å². The molecule has 20 heavy (non-hydrogen) atoms. The number of carbonyl (C=O) groups excluding carboxylic acids is 1. The van der Waals surface area contributed by atoms with Gasteiger partial charge in [-0.15, -0.1) is 0 Å². The van der Waals surface area contributed by atoms with Crippen LogP contribution in [0, 0.1) is 5.82 Å². The van der Waals surface area contributed by atoms with Gasteiger partial charge in [-0.25, -0.2) is 4.39 Å². The molecule has 0 aliphatic heterocycles. The summed E-state index contributed by atoms with van der Waals surface area (Å²) >= 11 is 5.79. The van der Waals surface area contributed by atoms with Crippen molar-refractivity contribution in [1.82, 2.24) is 0 Å². The first-order chi connectivity index (χ1) is 9.65. The average molecular weight is 295 g/mol. The summed E-state index contributed by atoms with van der Waals surface area (Å²) in [6, 6.07) is 9.46. The Bertz CT molecular complexity index is 629. The van der Waals surface area contributed by atoms with Gasteiger partial charge in [0.05, 0.1) is 12.7 Å². The third-order valence-electron chi connectivity index (χ3n) is 2.75. The second-order valence-corrected chi connectivity index (χ2v) is 4.46. The molecule has 0 N–H and O–H groups in total. The van der Waals surface area contributed by atoms with Gasteiger partial charge in [-0.2, -0.15) is 0 Å². The first kappa shape index (κ1) is 14.3. The molecule has 0 atom stereocenters. The van der Waals surface area contributed by atoms with Crippen LogP contribution in [0.1, 0.15) is 15.9 Å². The number of hydrogen-bond donors (Lipinski definition) is 0. The zero-order valence-corrected chi connectivity index (χ0v) is 11.5. The molecule has 0 radical (unpaired) electrons. The molecule has 0 aromatic heterocycles. The molecule has 0 unspecified atom stereocenters. The number of rotatable bonds is 5. The third kappa shape index (κ3) is 3.08. The van der Waals surface area contributed by atoms with Crippen LogP contribution in [0.2, 0.25) is 5.02 Å². The molecule has 0 heterocycles. The average Bonchev–Trinajstić information content (AvgIpc) is 2.47. The van der Waals surface area contributed by atoms with Crippen molar-refractivity contribution in [3.63, 3.8) is 0 Å². The van der Waals surface area contributed by atoms with Crippen LogP contribution in [-0.4, -0.2) is 13.4 Å². The number of ether oxygens (including phenoxy) is 2. The normalized spacial score (nSPS) is 10.2. The van der Waals surface area contributed by atoms with Gasteiger partial charge in [-0.3, -0.25) is 4.79 Å². The summed E-state index contributed by atoms with van der Waals surface area (Å²) in [5.74, 6) is 0.0288. The van der Waals surface area contributed by atoms with Gasteiger partial charge in [0, 0.05) is 10.6 Å². The summed E-state index contributed by atoms with van der Waals surface area (Å²) < 4.78 is 24.3. The summed E-state index contributed by atoms with van der Waals surface area (Å²) in [6.45, 7) is -0.00843. The van der Waals surface area contributed by atoms with E-state index in [9.17, 15) is 9.18 Å². The van der Waals surface area contributed by atoms with Crippen LogP contribution in [0.15, 0.2) is 36.4 Å². The Hall–Kier alpha value is -2.07. The first-order valence-electron chi connectivity index (χ1n) is 5.84. The summed E-state index contributed by atoms with van der Waals surface area (Å²) in [6.07, 6.45) is 0.642. The molecule has 0 aliphatic carbocycles. The standard InChI is InChI=1S/C15H12ClFO3/c1-19-14-4-2-3-10(15(14)17)9-20-13-6-5-12(16)7-11(13)8-18/h2-8H,9H2,1H3. The Morgan fingerprint density at radius 1 is 1.25 bits per heavy atom. The summed E-state index contributed by atoms with van der Waals surface area (Å²) in [4.78, 5) is 10.9. The molecule has 3 nitrogen and oxygen atoms in total. The predicted molar refractivity (Wildman–Crippen MR) is 74.1 cm³/mol. The Kier molecular flexibility index (Phi) is 4.58. The zero-order valence-electron chi connectivity index (χ0n) is 10.7. The van der Waals surface area contributed by atoms with Crippen LogP contribution < -0.4 is 9.47 Å². The Morgan fingerprint density at radius 2 is 2.05 bits per heavy atom. The molecule has 0 fully saturated rings. The number of benzene rings is 2. The number of aldehydes is 1. The van der Waals surface area contributed by atoms with Crippen molar-refractivity contribution in [3.8, 4) is 11.5 Å². The van der Waals surface area contributed by atoms with E-state index in [4.69, 9.17) is 21.1 Å². The van der Waals surface area contributed by atoms with Crippen molar-refractivity contribution in [2.45, 2.75) is 6.61 Å². The van der Waals surface area contributed by atoms with Crippen LogP contribution in [0.4, 0.5) is 4.39 Å². The van der Waals surface area contributed by atoms with E-state index >= 15 is 0 Å². The maximum absolute atomic E-state index is 13.9. The van der Waals surface area contributed by atoms with Crippen LogP contribution in [0.25, 0.3) is 0 Å². The van der Waals surface area contributed by atoms with Gasteiger partial charge < -0.3 is 9.47 Å². The second kappa shape index (κ2) is 6.39. The molecule has 0 amide bonds. The quantitative estimate of drug-likeness (QED) is 0.785. The minimum Gasteiger partial charge on any atom is -0.494 e. The van der Waals surface area contributed by atoms with E-state index in [0.717, 1.165) is 0 Å². The van der Waals surface area contributed by atoms with E-state index < -0.39 is 5.82 Å². The molecule has 0 saturated carbocycles. The van der Waals surface area contributed by atoms with E-state index in [1.807, 2.05) is 0 Å². The first-order valence-corrected chi connectivity index (χ1v) is 6.22. The van der Waals surface area contributed by atoms with E-state index in [1.54, 1.807) is 24.3 Å². The van der Waals surface area contributed by atoms with Crippen molar-refractivity contribution in [2.24, 2.45) is 0 Å². The highest BCUT2D eigenvalue weighted by atomic mass is 35.5. The van der Waals surface area contributed by atoms with Gasteiger partial charge in [-0.05, 0) is 24.3 Å². The van der Waals surface area contributed by atoms with Gasteiger partial charge in [0.1, 0.15) is 12.4 Å². The minimum atomic E-state index is -0.475. The highest BCUT2D eigenvalue weighted by molar-refractivity contribution is 6.30. The van der Waals surface area contributed by atoms with Crippen LogP contribution in [0.3, 0.4) is 0 Å². The SMILES string of the molecule is COc1cccc(COc2ccc(Cl)cc2C=O)c1F. The fourth-order valence-corrected chi connectivity index (χ4v) is 1.90. The fraction of sp³-hybridized carbons (Fsp3) is 0.133. The number of hydrogen-bond acceptors (Lipinski definition) is 3. The van der Waals surface area contributed by atoms with Crippen LogP contribution in [0.5, 0.6) is 11.5 Å². The van der Waals surface area contributed by atoms with Crippen molar-refractivity contribution in [2.75, 3.05) is 7.11 Å². The Balaban J connectivity index is 2.19. The number of carbonyl (C=O) groups is 1. The molecule has 0 spiro atoms. The lowest BCUT2D eigenvalue weighted by Crippen LogP contribution is -2.02.